The van der Waals surface area contributed by atoms with Crippen molar-refractivity contribution in [3.63, 3.8) is 0 Å². The second-order valence-electron chi connectivity index (χ2n) is 4.78. The number of hydrogen-bond acceptors (Lipinski definition) is 3. The summed E-state index contributed by atoms with van der Waals surface area (Å²) >= 11 is 0. The van der Waals surface area contributed by atoms with E-state index in [1.165, 1.54) is 0 Å². The maximum atomic E-state index is 12.4. The summed E-state index contributed by atoms with van der Waals surface area (Å²) in [5, 5.41) is 0. The van der Waals surface area contributed by atoms with Gasteiger partial charge >= 0.3 is 0 Å². The van der Waals surface area contributed by atoms with Gasteiger partial charge < -0.3 is 10.5 Å². The largest absolute Gasteiger partial charge is 0.494 e. The molecule has 3 heteroatoms. The Bertz CT molecular complexity index is 603. The van der Waals surface area contributed by atoms with Crippen LogP contribution in [0.25, 0.3) is 0 Å². The molecule has 104 valence electrons. The van der Waals surface area contributed by atoms with Crippen LogP contribution in [0.4, 0.5) is 5.69 Å². The number of ether oxygens (including phenoxy) is 1. The van der Waals surface area contributed by atoms with Crippen LogP contribution in [0.1, 0.15) is 34.8 Å². The summed E-state index contributed by atoms with van der Waals surface area (Å²) in [5.74, 6) is 0.808. The van der Waals surface area contributed by atoms with Gasteiger partial charge in [0.1, 0.15) is 5.75 Å². The van der Waals surface area contributed by atoms with Gasteiger partial charge in [-0.15, -0.1) is 0 Å². The lowest BCUT2D eigenvalue weighted by Gasteiger charge is -2.09. The van der Waals surface area contributed by atoms with E-state index in [0.717, 1.165) is 17.7 Å². The van der Waals surface area contributed by atoms with E-state index in [2.05, 4.69) is 6.92 Å². The Morgan fingerprint density at radius 3 is 2.45 bits per heavy atom. The number of aryl methyl sites for hydroxylation is 1. The van der Waals surface area contributed by atoms with Crippen LogP contribution >= 0.6 is 0 Å². The monoisotopic (exact) mass is 269 g/mol. The molecule has 0 fully saturated rings. The summed E-state index contributed by atoms with van der Waals surface area (Å²) < 4.78 is 5.56. The summed E-state index contributed by atoms with van der Waals surface area (Å²) in [6.07, 6.45) is 0.963. The molecule has 2 N–H and O–H groups in total. The van der Waals surface area contributed by atoms with Gasteiger partial charge in [-0.25, -0.2) is 0 Å². The molecule has 0 aromatic heterocycles. The first-order valence-electron chi connectivity index (χ1n) is 6.75. The van der Waals surface area contributed by atoms with E-state index in [9.17, 15) is 4.79 Å². The fourth-order valence-corrected chi connectivity index (χ4v) is 1.99. The van der Waals surface area contributed by atoms with Crippen molar-refractivity contribution in [3.05, 3.63) is 59.2 Å². The second-order valence-corrected chi connectivity index (χ2v) is 4.78. The van der Waals surface area contributed by atoms with E-state index in [4.69, 9.17) is 10.5 Å². The standard InChI is InChI=1S/C17H19NO2/c1-3-10-20-15-8-9-16(12(2)11-15)17(19)13-4-6-14(18)7-5-13/h4-9,11H,3,10,18H2,1-2H3. The first kappa shape index (κ1) is 14.1. The second kappa shape index (κ2) is 6.24. The van der Waals surface area contributed by atoms with Crippen LogP contribution in [0.2, 0.25) is 0 Å². The average Bonchev–Trinajstić information content (AvgIpc) is 2.45. The summed E-state index contributed by atoms with van der Waals surface area (Å²) in [4.78, 5) is 12.4. The lowest BCUT2D eigenvalue weighted by Crippen LogP contribution is -2.04. The van der Waals surface area contributed by atoms with E-state index >= 15 is 0 Å². The number of nitrogen functional groups attached to an aromatic ring is 1. The molecule has 20 heavy (non-hydrogen) atoms. The molecule has 0 aliphatic rings. The Labute approximate surface area is 119 Å². The summed E-state index contributed by atoms with van der Waals surface area (Å²) in [6.45, 7) is 4.67. The van der Waals surface area contributed by atoms with Crippen LogP contribution in [-0.2, 0) is 0 Å². The highest BCUT2D eigenvalue weighted by atomic mass is 16.5. The average molecular weight is 269 g/mol. The number of benzene rings is 2. The molecule has 0 aliphatic carbocycles. The van der Waals surface area contributed by atoms with E-state index in [1.807, 2.05) is 25.1 Å². The minimum absolute atomic E-state index is 0.00421. The Morgan fingerprint density at radius 1 is 1.15 bits per heavy atom. The summed E-state index contributed by atoms with van der Waals surface area (Å²) in [6, 6.07) is 12.5. The highest BCUT2D eigenvalue weighted by molar-refractivity contribution is 6.10. The maximum absolute atomic E-state index is 12.4. The SMILES string of the molecule is CCCOc1ccc(C(=O)c2ccc(N)cc2)c(C)c1. The van der Waals surface area contributed by atoms with Crippen molar-refractivity contribution >= 4 is 11.5 Å². The Balaban J connectivity index is 2.24. The Morgan fingerprint density at radius 2 is 1.85 bits per heavy atom. The molecule has 0 amide bonds. The molecule has 0 radical (unpaired) electrons. The Hall–Kier alpha value is -2.29. The molecule has 0 spiro atoms. The zero-order valence-corrected chi connectivity index (χ0v) is 11.8. The number of nitrogens with two attached hydrogens (primary N) is 1. The minimum Gasteiger partial charge on any atom is -0.494 e. The molecular weight excluding hydrogens is 250 g/mol. The molecule has 0 bridgehead atoms. The van der Waals surface area contributed by atoms with Crippen LogP contribution in [0.3, 0.4) is 0 Å². The van der Waals surface area contributed by atoms with Gasteiger partial charge in [-0.3, -0.25) is 4.79 Å². The molecule has 0 saturated heterocycles. The number of hydrogen-bond donors (Lipinski definition) is 1. The van der Waals surface area contributed by atoms with Crippen molar-refractivity contribution in [3.8, 4) is 5.75 Å². The minimum atomic E-state index is 0.00421. The molecule has 3 nitrogen and oxygen atoms in total. The Kier molecular flexibility index (Phi) is 4.41. The molecular formula is C17H19NO2. The van der Waals surface area contributed by atoms with Gasteiger partial charge in [0.15, 0.2) is 5.78 Å². The van der Waals surface area contributed by atoms with Gasteiger partial charge in [0.05, 0.1) is 6.61 Å². The third-order valence-electron chi connectivity index (χ3n) is 3.09. The first-order chi connectivity index (χ1) is 9.61. The maximum Gasteiger partial charge on any atom is 0.193 e. The number of rotatable bonds is 5. The third kappa shape index (κ3) is 3.18. The van der Waals surface area contributed by atoms with E-state index in [-0.39, 0.29) is 5.78 Å². The van der Waals surface area contributed by atoms with Crippen LogP contribution in [0.5, 0.6) is 5.75 Å². The van der Waals surface area contributed by atoms with Gasteiger partial charge in [-0.1, -0.05) is 6.92 Å². The molecule has 2 aromatic carbocycles. The van der Waals surface area contributed by atoms with Crippen molar-refractivity contribution in [1.82, 2.24) is 0 Å². The van der Waals surface area contributed by atoms with Crippen LogP contribution in [0, 0.1) is 6.92 Å². The van der Waals surface area contributed by atoms with E-state index < -0.39 is 0 Å². The highest BCUT2D eigenvalue weighted by Gasteiger charge is 2.12. The van der Waals surface area contributed by atoms with Gasteiger partial charge in [0.25, 0.3) is 0 Å². The number of carbonyl (C=O) groups is 1. The predicted molar refractivity (Wildman–Crippen MR) is 81.3 cm³/mol. The van der Waals surface area contributed by atoms with Crippen molar-refractivity contribution in [2.24, 2.45) is 0 Å². The number of anilines is 1. The summed E-state index contributed by atoms with van der Waals surface area (Å²) in [5.41, 5.74) is 8.54. The smallest absolute Gasteiger partial charge is 0.193 e. The molecule has 0 aliphatic heterocycles. The van der Waals surface area contributed by atoms with E-state index in [1.54, 1.807) is 24.3 Å². The summed E-state index contributed by atoms with van der Waals surface area (Å²) in [7, 11) is 0. The van der Waals surface area contributed by atoms with Gasteiger partial charge in [-0.05, 0) is 61.4 Å². The molecule has 0 atom stereocenters. The van der Waals surface area contributed by atoms with Gasteiger partial charge in [0.2, 0.25) is 0 Å². The quantitative estimate of drug-likeness (QED) is 0.666. The van der Waals surface area contributed by atoms with Crippen molar-refractivity contribution in [2.45, 2.75) is 20.3 Å². The van der Waals surface area contributed by atoms with Crippen molar-refractivity contribution < 1.29 is 9.53 Å². The van der Waals surface area contributed by atoms with E-state index in [0.29, 0.717) is 23.4 Å². The topological polar surface area (TPSA) is 52.3 Å². The predicted octanol–water partition coefficient (Wildman–Crippen LogP) is 3.60. The molecule has 0 saturated carbocycles. The normalized spacial score (nSPS) is 10.3. The molecule has 2 aromatic rings. The molecule has 0 unspecified atom stereocenters. The number of ketones is 1. The first-order valence-corrected chi connectivity index (χ1v) is 6.75. The zero-order chi connectivity index (χ0) is 14.5. The van der Waals surface area contributed by atoms with Gasteiger partial charge in [0, 0.05) is 16.8 Å². The van der Waals surface area contributed by atoms with Crippen LogP contribution < -0.4 is 10.5 Å². The third-order valence-corrected chi connectivity index (χ3v) is 3.09. The lowest BCUT2D eigenvalue weighted by molar-refractivity contribution is 0.103. The van der Waals surface area contributed by atoms with Crippen LogP contribution in [0.15, 0.2) is 42.5 Å². The molecule has 2 rings (SSSR count). The van der Waals surface area contributed by atoms with Crippen molar-refractivity contribution in [2.75, 3.05) is 12.3 Å². The van der Waals surface area contributed by atoms with Crippen molar-refractivity contribution in [1.29, 1.82) is 0 Å². The lowest BCUT2D eigenvalue weighted by atomic mass is 9.99. The fraction of sp³-hybridized carbons (Fsp3) is 0.235. The highest BCUT2D eigenvalue weighted by Crippen LogP contribution is 2.20. The number of carbonyl (C=O) groups excluding carboxylic acids is 1. The van der Waals surface area contributed by atoms with Gasteiger partial charge in [-0.2, -0.15) is 0 Å². The van der Waals surface area contributed by atoms with Crippen LogP contribution in [-0.4, -0.2) is 12.4 Å². The zero-order valence-electron chi connectivity index (χ0n) is 11.8. The molecule has 0 heterocycles. The fourth-order valence-electron chi connectivity index (χ4n) is 1.99.